The van der Waals surface area contributed by atoms with E-state index >= 15 is 0 Å². The summed E-state index contributed by atoms with van der Waals surface area (Å²) in [6.45, 7) is 3.03. The van der Waals surface area contributed by atoms with Crippen molar-refractivity contribution in [1.82, 2.24) is 9.97 Å². The Morgan fingerprint density at radius 2 is 1.83 bits per heavy atom. The van der Waals surface area contributed by atoms with Crippen LogP contribution in [-0.2, 0) is 15.8 Å². The van der Waals surface area contributed by atoms with Gasteiger partial charge in [0.05, 0.1) is 38.7 Å². The van der Waals surface area contributed by atoms with Gasteiger partial charge in [-0.05, 0) is 17.7 Å². The molecule has 0 aliphatic carbocycles. The molecule has 0 spiro atoms. The predicted molar refractivity (Wildman–Crippen MR) is 129 cm³/mol. The summed E-state index contributed by atoms with van der Waals surface area (Å²) >= 11 is 0. The molecule has 8 nitrogen and oxygen atoms in total. The summed E-state index contributed by atoms with van der Waals surface area (Å²) in [6, 6.07) is 14.3. The SMILES string of the molecule is COc1cc(Nc2ncc(C(F)(F)F)c(N3OCC[C@H]3c3ccccc3)n2)ccc1N1CCOCC1. The van der Waals surface area contributed by atoms with Gasteiger partial charge in [0.25, 0.3) is 0 Å². The van der Waals surface area contributed by atoms with E-state index in [4.69, 9.17) is 14.3 Å². The van der Waals surface area contributed by atoms with Gasteiger partial charge in [0.15, 0.2) is 5.82 Å². The average Bonchev–Trinajstić information content (AvgIpc) is 3.39. The quantitative estimate of drug-likeness (QED) is 0.508. The number of alkyl halides is 3. The number of halogens is 3. The van der Waals surface area contributed by atoms with E-state index < -0.39 is 17.8 Å². The summed E-state index contributed by atoms with van der Waals surface area (Å²) in [4.78, 5) is 16.0. The standard InChI is InChI=1S/C25H26F3N5O3/c1-34-22-15-18(7-8-21(22)32-10-13-35-14-11-32)30-24-29-16-19(25(26,27)28)23(31-24)33-20(9-12-36-33)17-5-3-2-4-6-17/h2-8,15-16,20H,9-14H2,1H3,(H,29,30,31)/t20-/m0/s1. The number of rotatable bonds is 6. The number of hydrogen-bond acceptors (Lipinski definition) is 8. The number of nitrogens with one attached hydrogen (secondary N) is 1. The summed E-state index contributed by atoms with van der Waals surface area (Å²) in [5, 5.41) is 4.25. The Morgan fingerprint density at radius 1 is 1.06 bits per heavy atom. The monoisotopic (exact) mass is 501 g/mol. The van der Waals surface area contributed by atoms with Gasteiger partial charge >= 0.3 is 6.18 Å². The molecule has 0 saturated carbocycles. The van der Waals surface area contributed by atoms with Crippen molar-refractivity contribution < 1.29 is 27.5 Å². The molecule has 3 aromatic rings. The first-order valence-corrected chi connectivity index (χ1v) is 11.6. The molecule has 2 saturated heterocycles. The molecule has 1 atom stereocenters. The normalized spacial score (nSPS) is 18.4. The minimum absolute atomic E-state index is 0.0153. The molecule has 1 aromatic heterocycles. The van der Waals surface area contributed by atoms with Crippen molar-refractivity contribution in [2.45, 2.75) is 18.6 Å². The lowest BCUT2D eigenvalue weighted by Crippen LogP contribution is -2.36. The first-order chi connectivity index (χ1) is 17.4. The molecule has 0 radical (unpaired) electrons. The van der Waals surface area contributed by atoms with Gasteiger partial charge in [-0.3, -0.25) is 4.84 Å². The van der Waals surface area contributed by atoms with Gasteiger partial charge in [-0.1, -0.05) is 30.3 Å². The molecular weight excluding hydrogens is 475 g/mol. The maximum absolute atomic E-state index is 13.9. The number of nitrogens with zero attached hydrogens (tertiary/aromatic N) is 4. The minimum atomic E-state index is -4.65. The highest BCUT2D eigenvalue weighted by atomic mass is 19.4. The van der Waals surface area contributed by atoms with Crippen molar-refractivity contribution >= 4 is 23.1 Å². The van der Waals surface area contributed by atoms with Crippen LogP contribution >= 0.6 is 0 Å². The first-order valence-electron chi connectivity index (χ1n) is 11.6. The zero-order chi connectivity index (χ0) is 25.1. The Kier molecular flexibility index (Phi) is 6.84. The smallest absolute Gasteiger partial charge is 0.421 e. The molecule has 2 aromatic carbocycles. The van der Waals surface area contributed by atoms with Crippen molar-refractivity contribution in [2.24, 2.45) is 0 Å². The number of aromatic nitrogens is 2. The molecule has 1 N–H and O–H groups in total. The third-order valence-electron chi connectivity index (χ3n) is 6.16. The summed E-state index contributed by atoms with van der Waals surface area (Å²) in [6.07, 6.45) is -3.33. The lowest BCUT2D eigenvalue weighted by Gasteiger charge is -2.30. The second-order valence-corrected chi connectivity index (χ2v) is 8.41. The molecule has 0 amide bonds. The van der Waals surface area contributed by atoms with Crippen molar-refractivity contribution in [1.29, 1.82) is 0 Å². The van der Waals surface area contributed by atoms with Crippen LogP contribution in [0, 0.1) is 0 Å². The van der Waals surface area contributed by atoms with Gasteiger partial charge in [-0.25, -0.2) is 10.0 Å². The molecule has 11 heteroatoms. The molecule has 5 rings (SSSR count). The number of hydroxylamine groups is 1. The van der Waals surface area contributed by atoms with Gasteiger partial charge in [-0.2, -0.15) is 18.2 Å². The van der Waals surface area contributed by atoms with Crippen LogP contribution in [0.25, 0.3) is 0 Å². The predicted octanol–water partition coefficient (Wildman–Crippen LogP) is 4.97. The highest BCUT2D eigenvalue weighted by Crippen LogP contribution is 2.42. The van der Waals surface area contributed by atoms with Crippen molar-refractivity contribution in [3.63, 3.8) is 0 Å². The summed E-state index contributed by atoms with van der Waals surface area (Å²) in [5.41, 5.74) is 1.38. The van der Waals surface area contributed by atoms with Crippen molar-refractivity contribution in [3.05, 3.63) is 65.9 Å². The van der Waals surface area contributed by atoms with E-state index in [1.165, 1.54) is 5.06 Å². The van der Waals surface area contributed by atoms with E-state index in [0.717, 1.165) is 30.5 Å². The number of methoxy groups -OCH3 is 1. The summed E-state index contributed by atoms with van der Waals surface area (Å²) in [5.74, 6) is 0.311. The second kappa shape index (κ2) is 10.2. The van der Waals surface area contributed by atoms with Crippen LogP contribution in [0.5, 0.6) is 5.75 Å². The van der Waals surface area contributed by atoms with Gasteiger partial charge in [0, 0.05) is 37.5 Å². The number of hydrogen-bond donors (Lipinski definition) is 1. The van der Waals surface area contributed by atoms with Crippen LogP contribution in [-0.4, -0.2) is 50.0 Å². The molecule has 2 aliphatic rings. The third-order valence-corrected chi connectivity index (χ3v) is 6.16. The Labute approximate surface area is 206 Å². The molecular formula is C25H26F3N5O3. The van der Waals surface area contributed by atoms with E-state index in [1.807, 2.05) is 42.5 Å². The fraction of sp³-hybridized carbons (Fsp3) is 0.360. The molecule has 0 unspecified atom stereocenters. The Hall–Kier alpha value is -3.57. The van der Waals surface area contributed by atoms with E-state index in [9.17, 15) is 13.2 Å². The van der Waals surface area contributed by atoms with Crippen LogP contribution in [0.2, 0.25) is 0 Å². The maximum Gasteiger partial charge on any atom is 0.421 e. The van der Waals surface area contributed by atoms with E-state index in [-0.39, 0.29) is 18.4 Å². The number of anilines is 4. The van der Waals surface area contributed by atoms with E-state index in [2.05, 4.69) is 20.2 Å². The molecule has 2 aliphatic heterocycles. The molecule has 3 heterocycles. The molecule has 0 bridgehead atoms. The van der Waals surface area contributed by atoms with E-state index in [1.54, 1.807) is 13.2 Å². The third kappa shape index (κ3) is 5.02. The zero-order valence-corrected chi connectivity index (χ0v) is 19.7. The fourth-order valence-electron chi connectivity index (χ4n) is 4.41. The van der Waals surface area contributed by atoms with Gasteiger partial charge in [-0.15, -0.1) is 0 Å². The topological polar surface area (TPSA) is 72.0 Å². The zero-order valence-electron chi connectivity index (χ0n) is 19.7. The van der Waals surface area contributed by atoms with Crippen LogP contribution in [0.1, 0.15) is 23.6 Å². The van der Waals surface area contributed by atoms with Gasteiger partial charge < -0.3 is 19.7 Å². The molecule has 2 fully saturated rings. The van der Waals surface area contributed by atoms with Crippen LogP contribution < -0.4 is 20.0 Å². The van der Waals surface area contributed by atoms with Crippen LogP contribution in [0.4, 0.5) is 36.3 Å². The average molecular weight is 502 g/mol. The Bertz CT molecular complexity index is 1190. The van der Waals surface area contributed by atoms with Crippen LogP contribution in [0.15, 0.2) is 54.7 Å². The maximum atomic E-state index is 13.9. The summed E-state index contributed by atoms with van der Waals surface area (Å²) in [7, 11) is 1.57. The molecule has 36 heavy (non-hydrogen) atoms. The lowest BCUT2D eigenvalue weighted by atomic mass is 10.0. The van der Waals surface area contributed by atoms with Crippen molar-refractivity contribution in [2.75, 3.05) is 55.3 Å². The number of ether oxygens (including phenoxy) is 2. The second-order valence-electron chi connectivity index (χ2n) is 8.41. The van der Waals surface area contributed by atoms with Crippen LogP contribution in [0.3, 0.4) is 0 Å². The first kappa shape index (κ1) is 24.1. The van der Waals surface area contributed by atoms with E-state index in [0.29, 0.717) is 31.1 Å². The van der Waals surface area contributed by atoms with Crippen molar-refractivity contribution in [3.8, 4) is 5.75 Å². The lowest BCUT2D eigenvalue weighted by molar-refractivity contribution is -0.138. The number of morpholine rings is 1. The highest BCUT2D eigenvalue weighted by molar-refractivity contribution is 5.68. The Balaban J connectivity index is 1.45. The number of benzene rings is 2. The van der Waals surface area contributed by atoms with Gasteiger partial charge in [0.1, 0.15) is 11.3 Å². The largest absolute Gasteiger partial charge is 0.495 e. The Morgan fingerprint density at radius 3 is 2.56 bits per heavy atom. The van der Waals surface area contributed by atoms with Gasteiger partial charge in [0.2, 0.25) is 5.95 Å². The summed E-state index contributed by atoms with van der Waals surface area (Å²) < 4.78 is 52.7. The highest BCUT2D eigenvalue weighted by Gasteiger charge is 2.40. The minimum Gasteiger partial charge on any atom is -0.495 e. The fourth-order valence-corrected chi connectivity index (χ4v) is 4.41. The molecule has 190 valence electrons.